The molecule has 21 heavy (non-hydrogen) atoms. The Kier molecular flexibility index (Phi) is 5.03. The SMILES string of the molecule is COC(=O)C1CN(C(=O)COc2ccc(Cl)s2)CC(=O)N1. The number of carbonyl (C=O) groups is 3. The number of esters is 1. The van der Waals surface area contributed by atoms with E-state index in [2.05, 4.69) is 10.1 Å². The van der Waals surface area contributed by atoms with Crippen molar-refractivity contribution in [2.24, 2.45) is 0 Å². The van der Waals surface area contributed by atoms with Gasteiger partial charge in [-0.1, -0.05) is 22.9 Å². The van der Waals surface area contributed by atoms with Gasteiger partial charge in [-0.15, -0.1) is 0 Å². The van der Waals surface area contributed by atoms with Crippen molar-refractivity contribution in [3.8, 4) is 5.06 Å². The van der Waals surface area contributed by atoms with E-state index in [-0.39, 0.29) is 25.6 Å². The van der Waals surface area contributed by atoms with Crippen molar-refractivity contribution in [2.75, 3.05) is 26.8 Å². The lowest BCUT2D eigenvalue weighted by molar-refractivity contribution is -0.151. The fourth-order valence-electron chi connectivity index (χ4n) is 1.81. The van der Waals surface area contributed by atoms with Crippen LogP contribution in [0.3, 0.4) is 0 Å². The van der Waals surface area contributed by atoms with Crippen molar-refractivity contribution in [2.45, 2.75) is 6.04 Å². The first-order valence-electron chi connectivity index (χ1n) is 6.02. The lowest BCUT2D eigenvalue weighted by Gasteiger charge is -2.31. The molecular weight excluding hydrogens is 320 g/mol. The Bertz CT molecular complexity index is 562. The number of nitrogens with zero attached hydrogens (tertiary/aromatic N) is 1. The van der Waals surface area contributed by atoms with Crippen molar-refractivity contribution in [3.05, 3.63) is 16.5 Å². The molecule has 0 aromatic carbocycles. The van der Waals surface area contributed by atoms with Gasteiger partial charge in [-0.25, -0.2) is 4.79 Å². The highest BCUT2D eigenvalue weighted by Gasteiger charge is 2.32. The molecule has 1 aromatic rings. The van der Waals surface area contributed by atoms with Crippen molar-refractivity contribution >= 4 is 40.7 Å². The molecule has 7 nitrogen and oxygen atoms in total. The largest absolute Gasteiger partial charge is 0.474 e. The highest BCUT2D eigenvalue weighted by Crippen LogP contribution is 2.28. The summed E-state index contributed by atoms with van der Waals surface area (Å²) in [6.07, 6.45) is 0. The number of amides is 2. The van der Waals surface area contributed by atoms with Gasteiger partial charge in [0, 0.05) is 0 Å². The lowest BCUT2D eigenvalue weighted by atomic mass is 10.2. The van der Waals surface area contributed by atoms with E-state index >= 15 is 0 Å². The third-order valence-electron chi connectivity index (χ3n) is 2.80. The third kappa shape index (κ3) is 4.08. The van der Waals surface area contributed by atoms with E-state index in [1.54, 1.807) is 12.1 Å². The molecule has 1 saturated heterocycles. The maximum atomic E-state index is 12.0. The van der Waals surface area contributed by atoms with Gasteiger partial charge < -0.3 is 19.7 Å². The van der Waals surface area contributed by atoms with Crippen LogP contribution in [0.15, 0.2) is 12.1 Å². The van der Waals surface area contributed by atoms with Crippen LogP contribution < -0.4 is 10.1 Å². The summed E-state index contributed by atoms with van der Waals surface area (Å²) < 4.78 is 10.4. The van der Waals surface area contributed by atoms with Crippen LogP contribution in [0.25, 0.3) is 0 Å². The number of piperazine rings is 1. The average molecular weight is 333 g/mol. The molecule has 1 aromatic heterocycles. The van der Waals surface area contributed by atoms with Crippen LogP contribution in [0.1, 0.15) is 0 Å². The molecule has 1 aliphatic heterocycles. The van der Waals surface area contributed by atoms with Gasteiger partial charge >= 0.3 is 5.97 Å². The first-order chi connectivity index (χ1) is 9.99. The van der Waals surface area contributed by atoms with E-state index in [0.717, 1.165) is 0 Å². The molecule has 0 spiro atoms. The smallest absolute Gasteiger partial charge is 0.330 e. The third-order valence-corrected chi connectivity index (χ3v) is 3.94. The van der Waals surface area contributed by atoms with Crippen LogP contribution in [0.5, 0.6) is 5.06 Å². The molecule has 0 radical (unpaired) electrons. The topological polar surface area (TPSA) is 84.9 Å². The summed E-state index contributed by atoms with van der Waals surface area (Å²) >= 11 is 6.96. The van der Waals surface area contributed by atoms with Gasteiger partial charge in [0.05, 0.1) is 24.5 Å². The number of hydrogen-bond acceptors (Lipinski definition) is 6. The Morgan fingerprint density at radius 2 is 2.29 bits per heavy atom. The van der Waals surface area contributed by atoms with Gasteiger partial charge in [-0.2, -0.15) is 0 Å². The maximum Gasteiger partial charge on any atom is 0.330 e. The van der Waals surface area contributed by atoms with Crippen molar-refractivity contribution in [3.63, 3.8) is 0 Å². The average Bonchev–Trinajstić information content (AvgIpc) is 2.88. The molecule has 0 aliphatic carbocycles. The van der Waals surface area contributed by atoms with Crippen LogP contribution in [0.4, 0.5) is 0 Å². The number of ether oxygens (including phenoxy) is 2. The Balaban J connectivity index is 1.91. The summed E-state index contributed by atoms with van der Waals surface area (Å²) in [5.41, 5.74) is 0. The standard InChI is InChI=1S/C12H13ClN2O5S/c1-19-12(18)7-4-15(5-9(16)14-7)10(17)6-20-11-3-2-8(13)21-11/h2-3,7H,4-6H2,1H3,(H,14,16). The quantitative estimate of drug-likeness (QED) is 0.801. The molecule has 9 heteroatoms. The Labute approximate surface area is 129 Å². The summed E-state index contributed by atoms with van der Waals surface area (Å²) in [6, 6.07) is 2.46. The number of rotatable bonds is 4. The summed E-state index contributed by atoms with van der Waals surface area (Å²) in [5.74, 6) is -1.39. The first kappa shape index (κ1) is 15.6. The maximum absolute atomic E-state index is 12.0. The van der Waals surface area contributed by atoms with Crippen LogP contribution in [0, 0.1) is 0 Å². The minimum atomic E-state index is -0.851. The summed E-state index contributed by atoms with van der Waals surface area (Å²) in [4.78, 5) is 36.2. The van der Waals surface area contributed by atoms with Gasteiger partial charge in [-0.05, 0) is 12.1 Å². The van der Waals surface area contributed by atoms with Gasteiger partial charge in [0.25, 0.3) is 5.91 Å². The predicted octanol–water partition coefficient (Wildman–Crippen LogP) is 0.280. The number of thiophene rings is 1. The molecular formula is C12H13ClN2O5S. The number of nitrogens with one attached hydrogen (secondary N) is 1. The van der Waals surface area contributed by atoms with E-state index < -0.39 is 17.9 Å². The monoisotopic (exact) mass is 332 g/mol. The van der Waals surface area contributed by atoms with E-state index in [1.165, 1.54) is 23.3 Å². The van der Waals surface area contributed by atoms with Crippen LogP contribution in [-0.4, -0.2) is 55.5 Å². The molecule has 1 aliphatic rings. The second kappa shape index (κ2) is 6.77. The van der Waals surface area contributed by atoms with Gasteiger partial charge in [0.1, 0.15) is 6.04 Å². The molecule has 2 heterocycles. The number of carbonyl (C=O) groups excluding carboxylic acids is 3. The second-order valence-corrected chi connectivity index (χ2v) is 5.94. The minimum Gasteiger partial charge on any atom is -0.474 e. The van der Waals surface area contributed by atoms with E-state index in [0.29, 0.717) is 9.40 Å². The zero-order chi connectivity index (χ0) is 15.4. The fraction of sp³-hybridized carbons (Fsp3) is 0.417. The highest BCUT2D eigenvalue weighted by molar-refractivity contribution is 7.17. The van der Waals surface area contributed by atoms with E-state index in [1.807, 2.05) is 0 Å². The number of hydrogen-bond donors (Lipinski definition) is 1. The zero-order valence-corrected chi connectivity index (χ0v) is 12.7. The van der Waals surface area contributed by atoms with Crippen LogP contribution in [-0.2, 0) is 19.1 Å². The predicted molar refractivity (Wildman–Crippen MR) is 75.4 cm³/mol. The molecule has 2 rings (SSSR count). The highest BCUT2D eigenvalue weighted by atomic mass is 35.5. The second-order valence-electron chi connectivity index (χ2n) is 4.26. The molecule has 1 N–H and O–H groups in total. The molecule has 1 unspecified atom stereocenters. The van der Waals surface area contributed by atoms with Gasteiger partial charge in [0.15, 0.2) is 11.7 Å². The van der Waals surface area contributed by atoms with Crippen molar-refractivity contribution < 1.29 is 23.9 Å². The Morgan fingerprint density at radius 1 is 1.52 bits per heavy atom. The molecule has 1 fully saturated rings. The molecule has 0 saturated carbocycles. The summed E-state index contributed by atoms with van der Waals surface area (Å²) in [6.45, 7) is -0.273. The molecule has 2 amide bonds. The Morgan fingerprint density at radius 3 is 2.90 bits per heavy atom. The van der Waals surface area contributed by atoms with Crippen LogP contribution in [0.2, 0.25) is 4.34 Å². The summed E-state index contributed by atoms with van der Waals surface area (Å²) in [5, 5.41) is 2.98. The van der Waals surface area contributed by atoms with Crippen LogP contribution >= 0.6 is 22.9 Å². The van der Waals surface area contributed by atoms with Crippen molar-refractivity contribution in [1.82, 2.24) is 10.2 Å². The van der Waals surface area contributed by atoms with E-state index in [4.69, 9.17) is 16.3 Å². The zero-order valence-electron chi connectivity index (χ0n) is 11.1. The van der Waals surface area contributed by atoms with Gasteiger partial charge in [0.2, 0.25) is 5.91 Å². The minimum absolute atomic E-state index is 0.0613. The fourth-order valence-corrected chi connectivity index (χ4v) is 2.68. The number of halogens is 1. The van der Waals surface area contributed by atoms with Crippen molar-refractivity contribution in [1.29, 1.82) is 0 Å². The number of methoxy groups -OCH3 is 1. The first-order valence-corrected chi connectivity index (χ1v) is 7.22. The molecule has 0 bridgehead atoms. The summed E-state index contributed by atoms with van der Waals surface area (Å²) in [7, 11) is 1.22. The Hall–Kier alpha value is -1.80. The normalized spacial score (nSPS) is 18.1. The van der Waals surface area contributed by atoms with E-state index in [9.17, 15) is 14.4 Å². The molecule has 1 atom stereocenters. The molecule has 114 valence electrons. The lowest BCUT2D eigenvalue weighted by Crippen LogP contribution is -2.59. The van der Waals surface area contributed by atoms with Gasteiger partial charge in [-0.3, -0.25) is 9.59 Å².